The van der Waals surface area contributed by atoms with Crippen molar-refractivity contribution in [2.24, 2.45) is 0 Å². The number of aromatic nitrogens is 1. The lowest BCUT2D eigenvalue weighted by Gasteiger charge is -2.19. The molecule has 3 aromatic rings. The minimum absolute atomic E-state index is 0.194. The van der Waals surface area contributed by atoms with Gasteiger partial charge in [-0.05, 0) is 81.1 Å². The lowest BCUT2D eigenvalue weighted by Crippen LogP contribution is -2.24. The molecule has 0 fully saturated rings. The third-order valence-corrected chi connectivity index (χ3v) is 5.47. The fourth-order valence-corrected chi connectivity index (χ4v) is 3.94. The van der Waals surface area contributed by atoms with E-state index < -0.39 is 11.6 Å². The summed E-state index contributed by atoms with van der Waals surface area (Å²) < 4.78 is 13.2. The van der Waals surface area contributed by atoms with Crippen LogP contribution in [0.5, 0.6) is 5.75 Å². The van der Waals surface area contributed by atoms with E-state index in [9.17, 15) is 14.7 Å². The lowest BCUT2D eigenvalue weighted by atomic mass is 10.0. The van der Waals surface area contributed by atoms with Crippen LogP contribution in [0.2, 0.25) is 0 Å². The number of aryl methyl sites for hydroxylation is 1. The van der Waals surface area contributed by atoms with Crippen LogP contribution in [0, 0.1) is 0 Å². The Balaban J connectivity index is 2.03. The Bertz CT molecular complexity index is 1240. The second-order valence-corrected chi connectivity index (χ2v) is 9.46. The van der Waals surface area contributed by atoms with Crippen molar-refractivity contribution in [1.29, 1.82) is 0 Å². The molecule has 1 N–H and O–H groups in total. The molecule has 6 nitrogen and oxygen atoms in total. The van der Waals surface area contributed by atoms with Crippen LogP contribution in [0.25, 0.3) is 17.0 Å². The van der Waals surface area contributed by atoms with E-state index in [1.165, 1.54) is 0 Å². The van der Waals surface area contributed by atoms with Crippen molar-refractivity contribution >= 4 is 28.9 Å². The van der Waals surface area contributed by atoms with E-state index in [1.54, 1.807) is 26.2 Å². The maximum Gasteiger partial charge on any atom is 0.335 e. The van der Waals surface area contributed by atoms with E-state index >= 15 is 0 Å². The van der Waals surface area contributed by atoms with E-state index in [0.717, 1.165) is 40.6 Å². The molecule has 2 aromatic carbocycles. The Hall–Kier alpha value is -3.54. The normalized spacial score (nSPS) is 12.1. The minimum Gasteiger partial charge on any atom is -0.496 e. The second-order valence-electron chi connectivity index (χ2n) is 9.46. The number of fused-ring (bicyclic) bond motifs is 1. The minimum atomic E-state index is -0.985. The molecule has 34 heavy (non-hydrogen) atoms. The predicted molar refractivity (Wildman–Crippen MR) is 134 cm³/mol. The number of aromatic carboxylic acids is 1. The van der Waals surface area contributed by atoms with Gasteiger partial charge in [-0.3, -0.25) is 0 Å². The van der Waals surface area contributed by atoms with Gasteiger partial charge in [0.1, 0.15) is 11.4 Å². The molecule has 0 aliphatic heterocycles. The third-order valence-electron chi connectivity index (χ3n) is 5.47. The van der Waals surface area contributed by atoms with Crippen molar-refractivity contribution < 1.29 is 24.2 Å². The van der Waals surface area contributed by atoms with E-state index in [1.807, 2.05) is 39.0 Å². The predicted octanol–water partition coefficient (Wildman–Crippen LogP) is 6.09. The zero-order valence-corrected chi connectivity index (χ0v) is 20.8. The molecule has 0 unspecified atom stereocenters. The largest absolute Gasteiger partial charge is 0.496 e. The summed E-state index contributed by atoms with van der Waals surface area (Å²) in [6.45, 7) is 10.3. The van der Waals surface area contributed by atoms with Crippen LogP contribution >= 0.6 is 0 Å². The van der Waals surface area contributed by atoms with E-state index in [0.29, 0.717) is 17.7 Å². The first-order chi connectivity index (χ1) is 16.0. The first-order valence-electron chi connectivity index (χ1n) is 11.5. The van der Waals surface area contributed by atoms with Gasteiger partial charge in [-0.25, -0.2) is 9.59 Å². The zero-order chi connectivity index (χ0) is 25.0. The SMILES string of the molecule is CCCn1cc(Cc2ccc(C(=O)O)cc2OC)c2cc(C=C(C)C(=O)OC(C)(C)C)ccc21. The maximum absolute atomic E-state index is 12.4. The highest BCUT2D eigenvalue weighted by Gasteiger charge is 2.18. The second kappa shape index (κ2) is 10.2. The van der Waals surface area contributed by atoms with Crippen LogP contribution in [-0.2, 0) is 22.5 Å². The summed E-state index contributed by atoms with van der Waals surface area (Å²) in [6.07, 6.45) is 5.58. The standard InChI is InChI=1S/C28H33NO5/c1-7-12-29-17-22(15-20-9-10-21(26(30)31)16-25(20)33-6)23-14-19(8-11-24(23)29)13-18(2)27(32)34-28(3,4)5/h8-11,13-14,16-17H,7,12,15H2,1-6H3,(H,30,31). The number of methoxy groups -OCH3 is 1. The van der Waals surface area contributed by atoms with E-state index in [4.69, 9.17) is 9.47 Å². The Labute approximate surface area is 200 Å². The molecule has 1 heterocycles. The first kappa shape index (κ1) is 25.1. The molecule has 0 aliphatic carbocycles. The van der Waals surface area contributed by atoms with Crippen molar-refractivity contribution in [1.82, 2.24) is 4.57 Å². The number of nitrogens with zero attached hydrogens (tertiary/aromatic N) is 1. The number of hydrogen-bond acceptors (Lipinski definition) is 4. The Morgan fingerprint density at radius 3 is 2.44 bits per heavy atom. The van der Waals surface area contributed by atoms with Crippen molar-refractivity contribution in [3.8, 4) is 5.75 Å². The number of esters is 1. The molecule has 3 rings (SSSR count). The first-order valence-corrected chi connectivity index (χ1v) is 11.5. The van der Waals surface area contributed by atoms with Crippen molar-refractivity contribution in [2.45, 2.75) is 59.6 Å². The quantitative estimate of drug-likeness (QED) is 0.323. The summed E-state index contributed by atoms with van der Waals surface area (Å²) in [6, 6.07) is 11.1. The molecule has 1 aromatic heterocycles. The van der Waals surface area contributed by atoms with E-state index in [2.05, 4.69) is 29.8 Å². The number of rotatable bonds is 8. The number of ether oxygens (including phenoxy) is 2. The summed E-state index contributed by atoms with van der Waals surface area (Å²) in [7, 11) is 1.55. The Morgan fingerprint density at radius 2 is 1.82 bits per heavy atom. The summed E-state index contributed by atoms with van der Waals surface area (Å²) >= 11 is 0. The third kappa shape index (κ3) is 5.87. The average Bonchev–Trinajstić information content (AvgIpc) is 3.09. The maximum atomic E-state index is 12.4. The molecule has 180 valence electrons. The highest BCUT2D eigenvalue weighted by Crippen LogP contribution is 2.30. The van der Waals surface area contributed by atoms with Gasteiger partial charge in [0.2, 0.25) is 0 Å². The number of carbonyl (C=O) groups excluding carboxylic acids is 1. The highest BCUT2D eigenvalue weighted by molar-refractivity contribution is 5.94. The monoisotopic (exact) mass is 463 g/mol. The molecular weight excluding hydrogens is 430 g/mol. The molecule has 0 saturated carbocycles. The van der Waals surface area contributed by atoms with Gasteiger partial charge < -0.3 is 19.1 Å². The summed E-state index contributed by atoms with van der Waals surface area (Å²) in [4.78, 5) is 23.8. The van der Waals surface area contributed by atoms with Gasteiger partial charge in [-0.1, -0.05) is 19.1 Å². The molecule has 0 saturated heterocycles. The number of hydrogen-bond donors (Lipinski definition) is 1. The molecule has 0 atom stereocenters. The van der Waals surface area contributed by atoms with Crippen LogP contribution in [0.1, 0.15) is 68.1 Å². The molecule has 6 heteroatoms. The van der Waals surface area contributed by atoms with Crippen LogP contribution in [-0.4, -0.2) is 34.3 Å². The molecule has 0 bridgehead atoms. The van der Waals surface area contributed by atoms with Crippen molar-refractivity contribution in [3.05, 3.63) is 70.4 Å². The van der Waals surface area contributed by atoms with Crippen molar-refractivity contribution in [2.75, 3.05) is 7.11 Å². The smallest absolute Gasteiger partial charge is 0.335 e. The van der Waals surface area contributed by atoms with Gasteiger partial charge in [-0.15, -0.1) is 0 Å². The topological polar surface area (TPSA) is 77.8 Å². The molecule has 0 amide bonds. The van der Waals surface area contributed by atoms with Gasteiger partial charge in [0.05, 0.1) is 12.7 Å². The van der Waals surface area contributed by atoms with E-state index in [-0.39, 0.29) is 11.5 Å². The lowest BCUT2D eigenvalue weighted by molar-refractivity contribution is -0.149. The fourth-order valence-electron chi connectivity index (χ4n) is 3.94. The van der Waals surface area contributed by atoms with Crippen LogP contribution in [0.4, 0.5) is 0 Å². The Morgan fingerprint density at radius 1 is 1.09 bits per heavy atom. The highest BCUT2D eigenvalue weighted by atomic mass is 16.6. The fraction of sp³-hybridized carbons (Fsp3) is 0.357. The molecule has 0 aliphatic rings. The number of carboxylic acid groups (broad SMARTS) is 1. The van der Waals surface area contributed by atoms with Crippen LogP contribution in [0.3, 0.4) is 0 Å². The van der Waals surface area contributed by atoms with Gasteiger partial charge in [0.15, 0.2) is 0 Å². The average molecular weight is 464 g/mol. The van der Waals surface area contributed by atoms with Crippen molar-refractivity contribution in [3.63, 3.8) is 0 Å². The van der Waals surface area contributed by atoms with Gasteiger partial charge in [0, 0.05) is 35.6 Å². The molecule has 0 radical (unpaired) electrons. The Kier molecular flexibility index (Phi) is 7.50. The molecular formula is C28H33NO5. The summed E-state index contributed by atoms with van der Waals surface area (Å²) in [5.74, 6) is -0.770. The van der Waals surface area contributed by atoms with Gasteiger partial charge in [0.25, 0.3) is 0 Å². The number of carboxylic acids is 1. The van der Waals surface area contributed by atoms with Crippen LogP contribution in [0.15, 0.2) is 48.2 Å². The zero-order valence-electron chi connectivity index (χ0n) is 20.8. The summed E-state index contributed by atoms with van der Waals surface area (Å²) in [5.41, 5.74) is 4.23. The number of benzene rings is 2. The number of carbonyl (C=O) groups is 2. The molecule has 0 spiro atoms. The van der Waals surface area contributed by atoms with Gasteiger partial charge >= 0.3 is 11.9 Å². The van der Waals surface area contributed by atoms with Gasteiger partial charge in [-0.2, -0.15) is 0 Å². The van der Waals surface area contributed by atoms with Crippen LogP contribution < -0.4 is 4.74 Å². The summed E-state index contributed by atoms with van der Waals surface area (Å²) in [5, 5.41) is 10.4.